The van der Waals surface area contributed by atoms with E-state index in [9.17, 15) is 14.4 Å². The van der Waals surface area contributed by atoms with Crippen LogP contribution in [0.3, 0.4) is 0 Å². The predicted octanol–water partition coefficient (Wildman–Crippen LogP) is 3.19. The highest BCUT2D eigenvalue weighted by molar-refractivity contribution is 5.93. The number of methoxy groups -OCH3 is 1. The molecule has 0 radical (unpaired) electrons. The van der Waals surface area contributed by atoms with E-state index < -0.39 is 12.1 Å². The van der Waals surface area contributed by atoms with Crippen molar-refractivity contribution in [1.82, 2.24) is 15.5 Å². The third kappa shape index (κ3) is 6.97. The maximum Gasteiger partial charge on any atom is 0.319 e. The standard InChI is InChI=1S/C26H34N4O4/c1-18(2)24(29-26(33)28-20-10-5-4-6-11-20)25(32)27-21-13-15-30(16-14-21)23(31)17-19-9-7-8-12-22(19)34-3/h4-12,18,21,24H,13-17H2,1-3H3,(H,27,32)(H2,28,29,33). The summed E-state index contributed by atoms with van der Waals surface area (Å²) in [7, 11) is 1.60. The fraction of sp³-hybridized carbons (Fsp3) is 0.423. The second kappa shape index (κ2) is 12.1. The molecule has 0 spiro atoms. The smallest absolute Gasteiger partial charge is 0.319 e. The van der Waals surface area contributed by atoms with E-state index in [1.165, 1.54) is 0 Å². The quantitative estimate of drug-likeness (QED) is 0.556. The predicted molar refractivity (Wildman–Crippen MR) is 132 cm³/mol. The maximum atomic E-state index is 12.9. The zero-order valence-electron chi connectivity index (χ0n) is 20.0. The van der Waals surface area contributed by atoms with Crippen LogP contribution in [0.4, 0.5) is 10.5 Å². The molecule has 1 saturated heterocycles. The average molecular weight is 467 g/mol. The first-order valence-electron chi connectivity index (χ1n) is 11.7. The van der Waals surface area contributed by atoms with E-state index in [1.807, 2.05) is 61.2 Å². The number of para-hydroxylation sites is 2. The Balaban J connectivity index is 1.48. The van der Waals surface area contributed by atoms with Crippen LogP contribution in [-0.2, 0) is 16.0 Å². The van der Waals surface area contributed by atoms with Crippen LogP contribution in [0.5, 0.6) is 5.75 Å². The van der Waals surface area contributed by atoms with Gasteiger partial charge >= 0.3 is 6.03 Å². The van der Waals surface area contributed by atoms with Crippen molar-refractivity contribution in [3.05, 3.63) is 60.2 Å². The molecule has 34 heavy (non-hydrogen) atoms. The van der Waals surface area contributed by atoms with Crippen LogP contribution in [0.1, 0.15) is 32.3 Å². The number of anilines is 1. The number of ether oxygens (including phenoxy) is 1. The van der Waals surface area contributed by atoms with Gasteiger partial charge in [0, 0.05) is 30.4 Å². The number of rotatable bonds is 8. The second-order valence-corrected chi connectivity index (χ2v) is 8.84. The summed E-state index contributed by atoms with van der Waals surface area (Å²) in [6, 6.07) is 15.5. The topological polar surface area (TPSA) is 99.8 Å². The summed E-state index contributed by atoms with van der Waals surface area (Å²) in [4.78, 5) is 39.9. The van der Waals surface area contributed by atoms with Crippen molar-refractivity contribution in [2.75, 3.05) is 25.5 Å². The Labute approximate surface area is 201 Å². The molecule has 1 fully saturated rings. The first-order valence-corrected chi connectivity index (χ1v) is 11.7. The van der Waals surface area contributed by atoms with E-state index in [0.29, 0.717) is 37.4 Å². The molecule has 4 amide bonds. The number of carbonyl (C=O) groups excluding carboxylic acids is 3. The van der Waals surface area contributed by atoms with E-state index in [1.54, 1.807) is 19.2 Å². The second-order valence-electron chi connectivity index (χ2n) is 8.84. The van der Waals surface area contributed by atoms with Crippen LogP contribution in [0, 0.1) is 5.92 Å². The fourth-order valence-corrected chi connectivity index (χ4v) is 4.05. The molecule has 1 aliphatic rings. The fourth-order valence-electron chi connectivity index (χ4n) is 4.05. The van der Waals surface area contributed by atoms with Gasteiger partial charge in [-0.2, -0.15) is 0 Å². The molecule has 3 rings (SSSR count). The number of nitrogens with zero attached hydrogens (tertiary/aromatic N) is 1. The number of benzene rings is 2. The van der Waals surface area contributed by atoms with Crippen molar-refractivity contribution >= 4 is 23.5 Å². The Kier molecular flexibility index (Phi) is 8.90. The summed E-state index contributed by atoms with van der Waals surface area (Å²) in [5, 5.41) is 8.59. The van der Waals surface area contributed by atoms with Gasteiger partial charge in [-0.05, 0) is 37.0 Å². The van der Waals surface area contributed by atoms with Crippen LogP contribution < -0.4 is 20.7 Å². The lowest BCUT2D eigenvalue weighted by molar-refractivity contribution is -0.131. The number of nitrogens with one attached hydrogen (secondary N) is 3. The summed E-state index contributed by atoms with van der Waals surface area (Å²) >= 11 is 0. The highest BCUT2D eigenvalue weighted by Gasteiger charge is 2.29. The number of carbonyl (C=O) groups is 3. The lowest BCUT2D eigenvalue weighted by Gasteiger charge is -2.33. The van der Waals surface area contributed by atoms with Gasteiger partial charge in [-0.3, -0.25) is 9.59 Å². The summed E-state index contributed by atoms with van der Waals surface area (Å²) < 4.78 is 5.34. The maximum absolute atomic E-state index is 12.9. The Morgan fingerprint density at radius 1 is 1.00 bits per heavy atom. The van der Waals surface area contributed by atoms with E-state index in [0.717, 1.165) is 5.56 Å². The van der Waals surface area contributed by atoms with Gasteiger partial charge in [0.25, 0.3) is 0 Å². The molecule has 1 aliphatic heterocycles. The third-order valence-electron chi connectivity index (χ3n) is 6.00. The van der Waals surface area contributed by atoms with Crippen molar-refractivity contribution in [3.8, 4) is 5.75 Å². The molecular weight excluding hydrogens is 432 g/mol. The molecule has 3 N–H and O–H groups in total. The van der Waals surface area contributed by atoms with Gasteiger partial charge in [-0.1, -0.05) is 50.2 Å². The van der Waals surface area contributed by atoms with Crippen LogP contribution in [0.15, 0.2) is 54.6 Å². The van der Waals surface area contributed by atoms with Gasteiger partial charge in [0.05, 0.1) is 13.5 Å². The number of urea groups is 1. The first kappa shape index (κ1) is 25.1. The molecule has 0 aromatic heterocycles. The number of hydrogen-bond donors (Lipinski definition) is 3. The molecular formula is C26H34N4O4. The molecule has 2 aromatic carbocycles. The normalized spacial score (nSPS) is 14.9. The Hall–Kier alpha value is -3.55. The monoisotopic (exact) mass is 466 g/mol. The van der Waals surface area contributed by atoms with Gasteiger partial charge in [-0.25, -0.2) is 4.79 Å². The van der Waals surface area contributed by atoms with Crippen molar-refractivity contribution < 1.29 is 19.1 Å². The summed E-state index contributed by atoms with van der Waals surface area (Å²) in [5.74, 6) is 0.469. The van der Waals surface area contributed by atoms with E-state index in [-0.39, 0.29) is 30.2 Å². The van der Waals surface area contributed by atoms with Crippen LogP contribution in [-0.4, -0.2) is 55.0 Å². The average Bonchev–Trinajstić information content (AvgIpc) is 2.83. The largest absolute Gasteiger partial charge is 0.496 e. The van der Waals surface area contributed by atoms with Gasteiger partial charge in [0.1, 0.15) is 11.8 Å². The van der Waals surface area contributed by atoms with Crippen LogP contribution >= 0.6 is 0 Å². The van der Waals surface area contributed by atoms with E-state index >= 15 is 0 Å². The van der Waals surface area contributed by atoms with Crippen molar-refractivity contribution in [2.24, 2.45) is 5.92 Å². The molecule has 0 bridgehead atoms. The molecule has 0 saturated carbocycles. The Morgan fingerprint density at radius 2 is 1.65 bits per heavy atom. The highest BCUT2D eigenvalue weighted by Crippen LogP contribution is 2.20. The van der Waals surface area contributed by atoms with Gasteiger partial charge in [0.15, 0.2) is 0 Å². The van der Waals surface area contributed by atoms with Gasteiger partial charge in [-0.15, -0.1) is 0 Å². The molecule has 1 atom stereocenters. The minimum atomic E-state index is -0.658. The minimum absolute atomic E-state index is 0.0388. The number of likely N-dealkylation sites (tertiary alicyclic amines) is 1. The van der Waals surface area contributed by atoms with Crippen molar-refractivity contribution in [2.45, 2.75) is 45.2 Å². The third-order valence-corrected chi connectivity index (χ3v) is 6.00. The molecule has 8 nitrogen and oxygen atoms in total. The van der Waals surface area contributed by atoms with Gasteiger partial charge < -0.3 is 25.6 Å². The Morgan fingerprint density at radius 3 is 2.29 bits per heavy atom. The molecule has 1 unspecified atom stereocenters. The SMILES string of the molecule is COc1ccccc1CC(=O)N1CCC(NC(=O)C(NC(=O)Nc2ccccc2)C(C)C)CC1. The van der Waals surface area contributed by atoms with Crippen molar-refractivity contribution in [3.63, 3.8) is 0 Å². The van der Waals surface area contributed by atoms with Crippen LogP contribution in [0.2, 0.25) is 0 Å². The summed E-state index contributed by atoms with van der Waals surface area (Å²) in [6.07, 6.45) is 1.63. The van der Waals surface area contributed by atoms with E-state index in [2.05, 4.69) is 16.0 Å². The van der Waals surface area contributed by atoms with Gasteiger partial charge in [0.2, 0.25) is 11.8 Å². The molecule has 2 aromatic rings. The number of piperidine rings is 1. The first-order chi connectivity index (χ1) is 16.4. The summed E-state index contributed by atoms with van der Waals surface area (Å²) in [6.45, 7) is 4.94. The van der Waals surface area contributed by atoms with Crippen LogP contribution in [0.25, 0.3) is 0 Å². The molecule has 0 aliphatic carbocycles. The minimum Gasteiger partial charge on any atom is -0.496 e. The lowest BCUT2D eigenvalue weighted by Crippen LogP contribution is -2.55. The zero-order valence-corrected chi connectivity index (χ0v) is 20.0. The van der Waals surface area contributed by atoms with Crippen molar-refractivity contribution in [1.29, 1.82) is 0 Å². The highest BCUT2D eigenvalue weighted by atomic mass is 16.5. The number of hydrogen-bond acceptors (Lipinski definition) is 4. The zero-order chi connectivity index (χ0) is 24.5. The van der Waals surface area contributed by atoms with E-state index in [4.69, 9.17) is 4.74 Å². The number of amides is 4. The summed E-state index contributed by atoms with van der Waals surface area (Å²) in [5.41, 5.74) is 1.53. The lowest BCUT2D eigenvalue weighted by atomic mass is 10.00. The molecule has 182 valence electrons. The Bertz CT molecular complexity index is 972. The molecule has 8 heteroatoms. The molecule has 1 heterocycles.